The third-order valence-electron chi connectivity index (χ3n) is 4.66. The van der Waals surface area contributed by atoms with Crippen LogP contribution in [-0.4, -0.2) is 65.1 Å². The lowest BCUT2D eigenvalue weighted by molar-refractivity contribution is -0.144. The summed E-state index contributed by atoms with van der Waals surface area (Å²) in [5.41, 5.74) is 2.22. The SMILES string of the molecule is CCOC(=O)Cn1cc(N2CCN(C(=O)OC(C)(C)C)CC2)c(-c2ccccc2)n1. The minimum atomic E-state index is -0.511. The Labute approximate surface area is 177 Å². The Hall–Kier alpha value is -3.03. The van der Waals surface area contributed by atoms with Crippen molar-refractivity contribution in [1.29, 1.82) is 0 Å². The van der Waals surface area contributed by atoms with Crippen molar-refractivity contribution in [2.24, 2.45) is 0 Å². The standard InChI is InChI=1S/C22H30N4O4/c1-5-29-19(27)16-26-15-18(20(23-26)17-9-7-6-8-10-17)24-11-13-25(14-12-24)21(28)30-22(2,3)4/h6-10,15H,5,11-14,16H2,1-4H3. The predicted octanol–water partition coefficient (Wildman–Crippen LogP) is 3.17. The van der Waals surface area contributed by atoms with Gasteiger partial charge in [0.15, 0.2) is 0 Å². The molecule has 3 rings (SSSR count). The van der Waals surface area contributed by atoms with Crippen LogP contribution >= 0.6 is 0 Å². The van der Waals surface area contributed by atoms with E-state index in [9.17, 15) is 9.59 Å². The number of ether oxygens (including phenoxy) is 2. The molecule has 1 fully saturated rings. The first-order valence-corrected chi connectivity index (χ1v) is 10.3. The summed E-state index contributed by atoms with van der Waals surface area (Å²) in [6.45, 7) is 10.2. The van der Waals surface area contributed by atoms with E-state index in [1.54, 1.807) is 16.5 Å². The number of carbonyl (C=O) groups excluding carboxylic acids is 2. The van der Waals surface area contributed by atoms with Crippen molar-refractivity contribution in [3.8, 4) is 11.3 Å². The molecule has 0 saturated carbocycles. The van der Waals surface area contributed by atoms with Gasteiger partial charge >= 0.3 is 12.1 Å². The molecule has 2 aromatic rings. The minimum absolute atomic E-state index is 0.0611. The quantitative estimate of drug-likeness (QED) is 0.700. The molecule has 1 saturated heterocycles. The zero-order valence-electron chi connectivity index (χ0n) is 18.1. The van der Waals surface area contributed by atoms with Gasteiger partial charge in [0, 0.05) is 37.9 Å². The lowest BCUT2D eigenvalue weighted by Gasteiger charge is -2.36. The van der Waals surface area contributed by atoms with E-state index in [1.165, 1.54) is 0 Å². The summed E-state index contributed by atoms with van der Waals surface area (Å²) in [5, 5.41) is 4.65. The molecule has 1 aromatic heterocycles. The lowest BCUT2D eigenvalue weighted by atomic mass is 10.1. The predicted molar refractivity (Wildman–Crippen MR) is 114 cm³/mol. The first-order chi connectivity index (χ1) is 14.3. The van der Waals surface area contributed by atoms with Gasteiger partial charge in [0.2, 0.25) is 0 Å². The van der Waals surface area contributed by atoms with E-state index in [0.29, 0.717) is 32.8 Å². The van der Waals surface area contributed by atoms with Gasteiger partial charge in [-0.25, -0.2) is 4.79 Å². The first kappa shape index (κ1) is 21.7. The van der Waals surface area contributed by atoms with E-state index in [4.69, 9.17) is 9.47 Å². The van der Waals surface area contributed by atoms with E-state index in [0.717, 1.165) is 16.9 Å². The molecule has 0 atom stereocenters. The molecule has 1 aliphatic heterocycles. The van der Waals surface area contributed by atoms with E-state index >= 15 is 0 Å². The zero-order chi connectivity index (χ0) is 21.7. The monoisotopic (exact) mass is 414 g/mol. The summed E-state index contributed by atoms with van der Waals surface area (Å²) in [7, 11) is 0. The van der Waals surface area contributed by atoms with Crippen LogP contribution in [0.1, 0.15) is 27.7 Å². The molecular weight excluding hydrogens is 384 g/mol. The number of amides is 1. The van der Waals surface area contributed by atoms with E-state index in [-0.39, 0.29) is 18.6 Å². The number of hydrogen-bond donors (Lipinski definition) is 0. The Bertz CT molecular complexity index is 865. The van der Waals surface area contributed by atoms with Crippen LogP contribution < -0.4 is 4.90 Å². The van der Waals surface area contributed by atoms with Crippen molar-refractivity contribution in [1.82, 2.24) is 14.7 Å². The summed E-state index contributed by atoms with van der Waals surface area (Å²) in [6.07, 6.45) is 1.59. The highest BCUT2D eigenvalue weighted by molar-refractivity contribution is 5.76. The Morgan fingerprint density at radius 3 is 2.33 bits per heavy atom. The van der Waals surface area contributed by atoms with E-state index < -0.39 is 5.60 Å². The Kier molecular flexibility index (Phi) is 6.64. The average molecular weight is 415 g/mol. The van der Waals surface area contributed by atoms with Crippen LogP contribution in [0, 0.1) is 0 Å². The third-order valence-corrected chi connectivity index (χ3v) is 4.66. The summed E-state index contributed by atoms with van der Waals surface area (Å²) in [6, 6.07) is 9.88. The molecule has 162 valence electrons. The van der Waals surface area contributed by atoms with Crippen molar-refractivity contribution in [3.63, 3.8) is 0 Å². The molecule has 8 heteroatoms. The maximum Gasteiger partial charge on any atom is 0.410 e. The molecule has 30 heavy (non-hydrogen) atoms. The molecule has 0 aliphatic carbocycles. The summed E-state index contributed by atoms with van der Waals surface area (Å²) >= 11 is 0. The zero-order valence-corrected chi connectivity index (χ0v) is 18.1. The van der Waals surface area contributed by atoms with Crippen LogP contribution in [0.3, 0.4) is 0 Å². The number of benzene rings is 1. The van der Waals surface area contributed by atoms with Crippen LogP contribution in [0.25, 0.3) is 11.3 Å². The molecule has 8 nitrogen and oxygen atoms in total. The normalized spacial score (nSPS) is 14.5. The molecule has 0 bridgehead atoms. The molecule has 0 N–H and O–H groups in total. The summed E-state index contributed by atoms with van der Waals surface area (Å²) in [4.78, 5) is 28.2. The minimum Gasteiger partial charge on any atom is -0.465 e. The van der Waals surface area contributed by atoms with Crippen molar-refractivity contribution >= 4 is 17.7 Å². The number of anilines is 1. The Balaban J connectivity index is 1.77. The topological polar surface area (TPSA) is 76.9 Å². The van der Waals surface area contributed by atoms with Crippen LogP contribution in [0.5, 0.6) is 0 Å². The first-order valence-electron chi connectivity index (χ1n) is 10.3. The van der Waals surface area contributed by atoms with E-state index in [2.05, 4.69) is 10.00 Å². The smallest absolute Gasteiger partial charge is 0.410 e. The number of aromatic nitrogens is 2. The molecule has 0 unspecified atom stereocenters. The molecular formula is C22H30N4O4. The number of carbonyl (C=O) groups is 2. The summed E-state index contributed by atoms with van der Waals surface area (Å²) in [5.74, 6) is -0.319. The Morgan fingerprint density at radius 1 is 1.07 bits per heavy atom. The summed E-state index contributed by atoms with van der Waals surface area (Å²) < 4.78 is 12.2. The van der Waals surface area contributed by atoms with Gasteiger partial charge in [-0.05, 0) is 27.7 Å². The number of rotatable bonds is 5. The highest BCUT2D eigenvalue weighted by Crippen LogP contribution is 2.30. The van der Waals surface area contributed by atoms with Gasteiger partial charge in [-0.1, -0.05) is 30.3 Å². The second kappa shape index (κ2) is 9.19. The number of piperazine rings is 1. The second-order valence-corrected chi connectivity index (χ2v) is 8.19. The van der Waals surface area contributed by atoms with Gasteiger partial charge in [0.25, 0.3) is 0 Å². The highest BCUT2D eigenvalue weighted by Gasteiger charge is 2.28. The molecule has 2 heterocycles. The lowest BCUT2D eigenvalue weighted by Crippen LogP contribution is -2.50. The van der Waals surface area contributed by atoms with Gasteiger partial charge in [0.05, 0.1) is 12.3 Å². The fourth-order valence-electron chi connectivity index (χ4n) is 3.32. The van der Waals surface area contributed by atoms with Crippen molar-refractivity contribution in [2.75, 3.05) is 37.7 Å². The molecule has 0 spiro atoms. The van der Waals surface area contributed by atoms with Crippen molar-refractivity contribution < 1.29 is 19.1 Å². The fourth-order valence-corrected chi connectivity index (χ4v) is 3.32. The van der Waals surface area contributed by atoms with Gasteiger partial charge in [-0.3, -0.25) is 9.48 Å². The van der Waals surface area contributed by atoms with Crippen molar-refractivity contribution in [3.05, 3.63) is 36.5 Å². The number of nitrogens with zero attached hydrogens (tertiary/aromatic N) is 4. The van der Waals surface area contributed by atoms with Gasteiger partial charge < -0.3 is 19.3 Å². The highest BCUT2D eigenvalue weighted by atomic mass is 16.6. The van der Waals surface area contributed by atoms with Gasteiger partial charge in [0.1, 0.15) is 17.8 Å². The van der Waals surface area contributed by atoms with Gasteiger partial charge in [-0.15, -0.1) is 0 Å². The van der Waals surface area contributed by atoms with Crippen LogP contribution in [0.15, 0.2) is 36.5 Å². The molecule has 1 amide bonds. The van der Waals surface area contributed by atoms with Crippen LogP contribution in [-0.2, 0) is 20.8 Å². The average Bonchev–Trinajstić information content (AvgIpc) is 3.11. The second-order valence-electron chi connectivity index (χ2n) is 8.19. The number of esters is 1. The fraction of sp³-hybridized carbons (Fsp3) is 0.500. The van der Waals surface area contributed by atoms with Crippen LogP contribution in [0.2, 0.25) is 0 Å². The van der Waals surface area contributed by atoms with Crippen molar-refractivity contribution in [2.45, 2.75) is 39.8 Å². The third kappa shape index (κ3) is 5.52. The molecule has 1 aromatic carbocycles. The maximum absolute atomic E-state index is 12.3. The largest absolute Gasteiger partial charge is 0.465 e. The van der Waals surface area contributed by atoms with Crippen LogP contribution in [0.4, 0.5) is 10.5 Å². The maximum atomic E-state index is 12.3. The number of hydrogen-bond acceptors (Lipinski definition) is 6. The molecule has 1 aliphatic rings. The van der Waals surface area contributed by atoms with Gasteiger partial charge in [-0.2, -0.15) is 5.10 Å². The van der Waals surface area contributed by atoms with E-state index in [1.807, 2.05) is 57.3 Å². The molecule has 0 radical (unpaired) electrons. The Morgan fingerprint density at radius 2 is 1.73 bits per heavy atom.